The molecule has 0 saturated carbocycles. The SMILES string of the molecule is O=C(O)c1ccc2nc(-c3ccc(CO)cc3)c(N3CCCCC3)nc2c1. The van der Waals surface area contributed by atoms with E-state index in [9.17, 15) is 15.0 Å². The summed E-state index contributed by atoms with van der Waals surface area (Å²) < 4.78 is 0. The van der Waals surface area contributed by atoms with Gasteiger partial charge in [-0.1, -0.05) is 24.3 Å². The standard InChI is InChI=1S/C21H21N3O3/c25-13-14-4-6-15(7-5-14)19-20(24-10-2-1-3-11-24)23-18-12-16(21(26)27)8-9-17(18)22-19/h4-9,12,25H,1-3,10-11,13H2,(H,26,27). The van der Waals surface area contributed by atoms with Crippen molar-refractivity contribution < 1.29 is 15.0 Å². The molecule has 0 bridgehead atoms. The van der Waals surface area contributed by atoms with Crippen molar-refractivity contribution in [2.75, 3.05) is 18.0 Å². The van der Waals surface area contributed by atoms with Crippen molar-refractivity contribution in [2.45, 2.75) is 25.9 Å². The largest absolute Gasteiger partial charge is 0.478 e. The Morgan fingerprint density at radius 2 is 1.70 bits per heavy atom. The Labute approximate surface area is 157 Å². The number of nitrogens with zero attached hydrogens (tertiary/aromatic N) is 3. The number of aliphatic hydroxyl groups is 1. The van der Waals surface area contributed by atoms with Gasteiger partial charge in [0.2, 0.25) is 0 Å². The van der Waals surface area contributed by atoms with Gasteiger partial charge in [0, 0.05) is 18.7 Å². The summed E-state index contributed by atoms with van der Waals surface area (Å²) in [5, 5.41) is 18.6. The van der Waals surface area contributed by atoms with Crippen LogP contribution in [0.15, 0.2) is 42.5 Å². The Bertz CT molecular complexity index is 980. The minimum Gasteiger partial charge on any atom is -0.478 e. The van der Waals surface area contributed by atoms with Gasteiger partial charge in [-0.05, 0) is 43.0 Å². The smallest absolute Gasteiger partial charge is 0.335 e. The van der Waals surface area contributed by atoms with Crippen LogP contribution in [0.4, 0.5) is 5.82 Å². The van der Waals surface area contributed by atoms with Crippen LogP contribution in [-0.4, -0.2) is 39.2 Å². The van der Waals surface area contributed by atoms with E-state index in [1.54, 1.807) is 18.2 Å². The molecule has 3 aromatic rings. The van der Waals surface area contributed by atoms with E-state index in [0.717, 1.165) is 48.6 Å². The van der Waals surface area contributed by atoms with Gasteiger partial charge in [0.15, 0.2) is 5.82 Å². The molecule has 6 nitrogen and oxygen atoms in total. The molecular weight excluding hydrogens is 342 g/mol. The third-order valence-electron chi connectivity index (χ3n) is 4.96. The molecule has 1 saturated heterocycles. The van der Waals surface area contributed by atoms with Crippen molar-refractivity contribution in [1.29, 1.82) is 0 Å². The van der Waals surface area contributed by atoms with Gasteiger partial charge < -0.3 is 15.1 Å². The van der Waals surface area contributed by atoms with E-state index < -0.39 is 5.97 Å². The summed E-state index contributed by atoms with van der Waals surface area (Å²) in [6, 6.07) is 12.5. The van der Waals surface area contributed by atoms with Crippen LogP contribution in [0.2, 0.25) is 0 Å². The van der Waals surface area contributed by atoms with Crippen LogP contribution in [0.3, 0.4) is 0 Å². The van der Waals surface area contributed by atoms with Gasteiger partial charge in [-0.25, -0.2) is 14.8 Å². The minimum atomic E-state index is -0.970. The Hall–Kier alpha value is -2.99. The van der Waals surface area contributed by atoms with E-state index in [1.807, 2.05) is 24.3 Å². The minimum absolute atomic E-state index is 0.000621. The summed E-state index contributed by atoms with van der Waals surface area (Å²) in [6.07, 6.45) is 3.43. The summed E-state index contributed by atoms with van der Waals surface area (Å²) in [5.74, 6) is -0.177. The highest BCUT2D eigenvalue weighted by molar-refractivity contribution is 5.93. The lowest BCUT2D eigenvalue weighted by Gasteiger charge is -2.29. The summed E-state index contributed by atoms with van der Waals surface area (Å²) in [7, 11) is 0. The summed E-state index contributed by atoms with van der Waals surface area (Å²) in [5.41, 5.74) is 4.04. The zero-order valence-corrected chi connectivity index (χ0v) is 14.9. The Morgan fingerprint density at radius 1 is 0.963 bits per heavy atom. The first-order valence-corrected chi connectivity index (χ1v) is 9.16. The number of piperidine rings is 1. The molecule has 4 rings (SSSR count). The van der Waals surface area contributed by atoms with Gasteiger partial charge in [-0.15, -0.1) is 0 Å². The van der Waals surface area contributed by atoms with E-state index in [-0.39, 0.29) is 12.2 Å². The first-order chi connectivity index (χ1) is 13.2. The van der Waals surface area contributed by atoms with Gasteiger partial charge >= 0.3 is 5.97 Å². The van der Waals surface area contributed by atoms with Crippen molar-refractivity contribution in [3.05, 3.63) is 53.6 Å². The number of hydrogen-bond donors (Lipinski definition) is 2. The predicted octanol–water partition coefficient (Wildman–Crippen LogP) is 3.48. The summed E-state index contributed by atoms with van der Waals surface area (Å²) in [4.78, 5) is 23.2. The number of rotatable bonds is 4. The quantitative estimate of drug-likeness (QED) is 0.738. The molecule has 1 fully saturated rings. The Kier molecular flexibility index (Phi) is 4.73. The molecule has 1 aliphatic heterocycles. The van der Waals surface area contributed by atoms with Crippen LogP contribution in [0.5, 0.6) is 0 Å². The van der Waals surface area contributed by atoms with E-state index >= 15 is 0 Å². The maximum absolute atomic E-state index is 11.3. The van der Waals surface area contributed by atoms with Gasteiger partial charge in [0.05, 0.1) is 23.2 Å². The molecule has 0 unspecified atom stereocenters. The number of fused-ring (bicyclic) bond motifs is 1. The molecule has 1 aliphatic rings. The van der Waals surface area contributed by atoms with Crippen molar-refractivity contribution in [1.82, 2.24) is 9.97 Å². The lowest BCUT2D eigenvalue weighted by molar-refractivity contribution is 0.0697. The van der Waals surface area contributed by atoms with E-state index in [1.165, 1.54) is 6.42 Å². The van der Waals surface area contributed by atoms with E-state index in [0.29, 0.717) is 11.0 Å². The molecule has 0 atom stereocenters. The first kappa shape index (κ1) is 17.4. The number of carboxylic acid groups (broad SMARTS) is 1. The molecule has 2 heterocycles. The molecule has 0 radical (unpaired) electrons. The van der Waals surface area contributed by atoms with Gasteiger partial charge in [-0.2, -0.15) is 0 Å². The number of aromatic carboxylic acids is 1. The Morgan fingerprint density at radius 3 is 2.37 bits per heavy atom. The van der Waals surface area contributed by atoms with Gasteiger partial charge in [0.25, 0.3) is 0 Å². The topological polar surface area (TPSA) is 86.5 Å². The monoisotopic (exact) mass is 363 g/mol. The second kappa shape index (κ2) is 7.32. The van der Waals surface area contributed by atoms with Crippen molar-refractivity contribution >= 4 is 22.8 Å². The normalized spacial score (nSPS) is 14.5. The van der Waals surface area contributed by atoms with Crippen molar-refractivity contribution in [3.8, 4) is 11.3 Å². The fourth-order valence-electron chi connectivity index (χ4n) is 3.47. The predicted molar refractivity (Wildman–Crippen MR) is 104 cm³/mol. The number of aliphatic hydroxyl groups excluding tert-OH is 1. The highest BCUT2D eigenvalue weighted by Gasteiger charge is 2.20. The van der Waals surface area contributed by atoms with Crippen molar-refractivity contribution in [3.63, 3.8) is 0 Å². The fourth-order valence-corrected chi connectivity index (χ4v) is 3.47. The van der Waals surface area contributed by atoms with Gasteiger partial charge in [-0.3, -0.25) is 0 Å². The Balaban J connectivity index is 1.88. The second-order valence-corrected chi connectivity index (χ2v) is 6.81. The van der Waals surface area contributed by atoms with E-state index in [2.05, 4.69) is 4.90 Å². The highest BCUT2D eigenvalue weighted by atomic mass is 16.4. The van der Waals surface area contributed by atoms with Crippen molar-refractivity contribution in [2.24, 2.45) is 0 Å². The summed E-state index contributed by atoms with van der Waals surface area (Å²) in [6.45, 7) is 1.84. The maximum atomic E-state index is 11.3. The first-order valence-electron chi connectivity index (χ1n) is 9.16. The lowest BCUT2D eigenvalue weighted by Crippen LogP contribution is -2.31. The fraction of sp³-hybridized carbons (Fsp3) is 0.286. The molecule has 6 heteroatoms. The maximum Gasteiger partial charge on any atom is 0.335 e. The molecular formula is C21H21N3O3. The molecule has 0 aliphatic carbocycles. The molecule has 138 valence electrons. The van der Waals surface area contributed by atoms with Crippen LogP contribution in [-0.2, 0) is 6.61 Å². The van der Waals surface area contributed by atoms with Crippen LogP contribution in [0.1, 0.15) is 35.2 Å². The molecule has 2 N–H and O–H groups in total. The molecule has 0 amide bonds. The number of carboxylic acids is 1. The van der Waals surface area contributed by atoms with Crippen LogP contribution >= 0.6 is 0 Å². The third kappa shape index (κ3) is 3.48. The van der Waals surface area contributed by atoms with Crippen LogP contribution in [0.25, 0.3) is 22.3 Å². The number of carbonyl (C=O) groups is 1. The number of anilines is 1. The average Bonchev–Trinajstić information content (AvgIpc) is 2.73. The molecule has 27 heavy (non-hydrogen) atoms. The van der Waals surface area contributed by atoms with Crippen LogP contribution < -0.4 is 4.90 Å². The van der Waals surface area contributed by atoms with E-state index in [4.69, 9.17) is 9.97 Å². The zero-order valence-electron chi connectivity index (χ0n) is 14.9. The average molecular weight is 363 g/mol. The third-order valence-corrected chi connectivity index (χ3v) is 4.96. The number of benzene rings is 2. The second-order valence-electron chi connectivity index (χ2n) is 6.81. The number of hydrogen-bond acceptors (Lipinski definition) is 5. The zero-order chi connectivity index (χ0) is 18.8. The molecule has 0 spiro atoms. The van der Waals surface area contributed by atoms with Crippen LogP contribution in [0, 0.1) is 0 Å². The number of aromatic nitrogens is 2. The highest BCUT2D eigenvalue weighted by Crippen LogP contribution is 2.32. The molecule has 2 aromatic carbocycles. The molecule has 1 aromatic heterocycles. The lowest BCUT2D eigenvalue weighted by atomic mass is 10.1. The summed E-state index contributed by atoms with van der Waals surface area (Å²) >= 11 is 0. The van der Waals surface area contributed by atoms with Gasteiger partial charge in [0.1, 0.15) is 5.69 Å².